The van der Waals surface area contributed by atoms with Crippen LogP contribution in [0.2, 0.25) is 0 Å². The zero-order valence-electron chi connectivity index (χ0n) is 18.6. The van der Waals surface area contributed by atoms with E-state index in [1.165, 1.54) is 0 Å². The summed E-state index contributed by atoms with van der Waals surface area (Å²) in [5.41, 5.74) is 0.435. The fourth-order valence-corrected chi connectivity index (χ4v) is 4.96. The molecule has 2 N–H and O–H groups in total. The smallest absolute Gasteiger partial charge is 0.320 e. The molecule has 1 saturated heterocycles. The lowest BCUT2D eigenvalue weighted by Gasteiger charge is -2.29. The predicted molar refractivity (Wildman–Crippen MR) is 115 cm³/mol. The summed E-state index contributed by atoms with van der Waals surface area (Å²) in [6.45, 7) is -0.376. The Hall–Kier alpha value is -3.30. The van der Waals surface area contributed by atoms with Gasteiger partial charge in [0, 0.05) is 12.5 Å². The number of carbonyl (C=O) groups is 1. The molecule has 0 radical (unpaired) electrons. The summed E-state index contributed by atoms with van der Waals surface area (Å²) in [4.78, 5) is 16.5. The maximum atomic E-state index is 13.7. The molecule has 5 rings (SSSR count). The highest BCUT2D eigenvalue weighted by Crippen LogP contribution is 2.56. The van der Waals surface area contributed by atoms with Crippen molar-refractivity contribution in [3.05, 3.63) is 40.8 Å². The molecule has 33 heavy (non-hydrogen) atoms. The highest BCUT2D eigenvalue weighted by atomic mass is 19.3. The number of nitrogens with zero attached hydrogens (tertiary/aromatic N) is 2. The molecule has 1 aliphatic carbocycles. The number of ether oxygens (including phenoxy) is 3. The number of hydrogen-bond donors (Lipinski definition) is 2. The fraction of sp³-hybridized carbons (Fsp3) is 0.478. The number of hydrogen-bond acceptors (Lipinski definition) is 6. The normalized spacial score (nSPS) is 23.5. The van der Waals surface area contributed by atoms with E-state index in [1.807, 2.05) is 19.1 Å². The van der Waals surface area contributed by atoms with Gasteiger partial charge in [0.15, 0.2) is 11.5 Å². The summed E-state index contributed by atoms with van der Waals surface area (Å²) < 4.78 is 45.2. The number of amides is 1. The Kier molecular flexibility index (Phi) is 5.18. The Morgan fingerprint density at radius 3 is 2.64 bits per heavy atom. The number of halogens is 2. The third kappa shape index (κ3) is 3.48. The van der Waals surface area contributed by atoms with E-state index in [-0.39, 0.29) is 29.2 Å². The van der Waals surface area contributed by atoms with Crippen molar-refractivity contribution in [3.8, 4) is 11.5 Å². The molecule has 1 amide bonds. The van der Waals surface area contributed by atoms with Crippen LogP contribution in [0, 0.1) is 11.3 Å². The van der Waals surface area contributed by atoms with Crippen molar-refractivity contribution in [1.29, 1.82) is 0 Å². The second kappa shape index (κ2) is 7.93. The molecule has 3 atom stereocenters. The molecule has 2 fully saturated rings. The highest BCUT2D eigenvalue weighted by Gasteiger charge is 2.61. The molecule has 3 heterocycles. The van der Waals surface area contributed by atoms with Gasteiger partial charge >= 0.3 is 6.55 Å². The monoisotopic (exact) mass is 460 g/mol. The number of carbonyl (C=O) groups excluding carboxylic acids is 1. The minimum atomic E-state index is -2.77. The van der Waals surface area contributed by atoms with Gasteiger partial charge in [-0.25, -0.2) is 4.98 Å². The molecule has 0 bridgehead atoms. The first-order valence-corrected chi connectivity index (χ1v) is 10.9. The van der Waals surface area contributed by atoms with Gasteiger partial charge in [-0.3, -0.25) is 9.36 Å². The molecule has 10 heteroatoms. The first-order chi connectivity index (χ1) is 15.9. The minimum Gasteiger partial charge on any atom is -0.493 e. The molecule has 2 aliphatic heterocycles. The van der Waals surface area contributed by atoms with Gasteiger partial charge < -0.3 is 24.8 Å². The molecule has 176 valence electrons. The Morgan fingerprint density at radius 2 is 1.97 bits per heavy atom. The van der Waals surface area contributed by atoms with Gasteiger partial charge in [0.2, 0.25) is 11.8 Å². The molecule has 8 nitrogen and oxygen atoms in total. The van der Waals surface area contributed by atoms with Crippen molar-refractivity contribution in [2.75, 3.05) is 20.8 Å². The Balaban J connectivity index is 1.52. The lowest BCUT2D eigenvalue weighted by Crippen LogP contribution is -2.45. The van der Waals surface area contributed by atoms with Gasteiger partial charge in [0.05, 0.1) is 31.0 Å². The van der Waals surface area contributed by atoms with E-state index in [4.69, 9.17) is 14.2 Å². The Bertz CT molecular complexity index is 1210. The third-order valence-corrected chi connectivity index (χ3v) is 6.93. The second-order valence-electron chi connectivity index (χ2n) is 8.69. The molecule has 3 aliphatic rings. The number of nitrogens with one attached hydrogen (secondary N) is 2. The van der Waals surface area contributed by atoms with Gasteiger partial charge in [-0.2, -0.15) is 8.78 Å². The average Bonchev–Trinajstić information content (AvgIpc) is 3.37. The number of aromatic nitrogens is 2. The van der Waals surface area contributed by atoms with E-state index in [9.17, 15) is 13.6 Å². The number of methoxy groups -OCH3 is 2. The first kappa shape index (κ1) is 21.5. The second-order valence-corrected chi connectivity index (χ2v) is 8.69. The van der Waals surface area contributed by atoms with Crippen LogP contribution in [0.5, 0.6) is 11.5 Å². The molecule has 1 aromatic heterocycles. The zero-order chi connectivity index (χ0) is 23.3. The number of imidazole rings is 1. The van der Waals surface area contributed by atoms with Crippen molar-refractivity contribution in [2.24, 2.45) is 11.3 Å². The van der Waals surface area contributed by atoms with Gasteiger partial charge in [-0.15, -0.1) is 0 Å². The Morgan fingerprint density at radius 1 is 1.21 bits per heavy atom. The maximum Gasteiger partial charge on any atom is 0.320 e. The molecule has 1 saturated carbocycles. The van der Waals surface area contributed by atoms with Crippen LogP contribution in [-0.2, 0) is 9.53 Å². The van der Waals surface area contributed by atoms with Crippen molar-refractivity contribution in [2.45, 2.75) is 38.5 Å². The zero-order valence-corrected chi connectivity index (χ0v) is 18.6. The van der Waals surface area contributed by atoms with E-state index >= 15 is 0 Å². The lowest BCUT2D eigenvalue weighted by molar-refractivity contribution is -0.124. The number of benzene rings is 1. The van der Waals surface area contributed by atoms with Crippen molar-refractivity contribution in [3.63, 3.8) is 0 Å². The van der Waals surface area contributed by atoms with Gasteiger partial charge in [-0.1, -0.05) is 6.07 Å². The summed E-state index contributed by atoms with van der Waals surface area (Å²) in [7, 11) is 3.11. The summed E-state index contributed by atoms with van der Waals surface area (Å²) in [6, 6.07) is 5.08. The standard InChI is InChI=1S/C23H26F2N4O4/c1-12(14-10-26-21(30)23(14)6-7-23)33-20-19-16(27-11-29(19)22(24)25)9-15(28-20)13-4-5-17(31-2)18(8-13)32-3/h4-5,8-9,11-12,14-15,22,28H,6-7,10H2,1-3H3,(H,26,30)/t12-,14-,15?/m1/s1. The van der Waals surface area contributed by atoms with Crippen LogP contribution in [0.3, 0.4) is 0 Å². The van der Waals surface area contributed by atoms with Crippen molar-refractivity contribution >= 4 is 17.9 Å². The summed E-state index contributed by atoms with van der Waals surface area (Å²) in [5.74, 6) is 1.38. The number of fused-ring (bicyclic) bond motifs is 1. The van der Waals surface area contributed by atoms with Crippen molar-refractivity contribution in [1.82, 2.24) is 20.2 Å². The summed E-state index contributed by atoms with van der Waals surface area (Å²) in [6.07, 6.45) is 4.16. The van der Waals surface area contributed by atoms with Crippen LogP contribution in [-0.4, -0.2) is 42.3 Å². The van der Waals surface area contributed by atoms with Gasteiger partial charge in [0.1, 0.15) is 17.8 Å². The van der Waals surface area contributed by atoms with E-state index in [1.54, 1.807) is 26.4 Å². The van der Waals surface area contributed by atoms with Crippen LogP contribution in [0.1, 0.15) is 37.9 Å². The predicted octanol–water partition coefficient (Wildman–Crippen LogP) is 1.42. The van der Waals surface area contributed by atoms with E-state index in [0.717, 1.165) is 29.3 Å². The van der Waals surface area contributed by atoms with E-state index in [2.05, 4.69) is 15.6 Å². The lowest BCUT2D eigenvalue weighted by atomic mass is 9.88. The largest absolute Gasteiger partial charge is 0.493 e. The summed E-state index contributed by atoms with van der Waals surface area (Å²) >= 11 is 0. The van der Waals surface area contributed by atoms with Crippen LogP contribution in [0.15, 0.2) is 24.5 Å². The third-order valence-electron chi connectivity index (χ3n) is 6.93. The summed E-state index contributed by atoms with van der Waals surface area (Å²) in [5, 5.41) is 6.77. The number of rotatable bonds is 7. The molecular formula is C23H26F2N4O4. The van der Waals surface area contributed by atoms with Crippen LogP contribution < -0.4 is 30.8 Å². The topological polar surface area (TPSA) is 86.6 Å². The maximum absolute atomic E-state index is 13.7. The van der Waals surface area contributed by atoms with Gasteiger partial charge in [-0.05, 0) is 43.5 Å². The van der Waals surface area contributed by atoms with Crippen molar-refractivity contribution < 1.29 is 27.8 Å². The van der Waals surface area contributed by atoms with E-state index < -0.39 is 18.0 Å². The van der Waals surface area contributed by atoms with Crippen LogP contribution >= 0.6 is 0 Å². The molecule has 1 aromatic carbocycles. The molecule has 2 aromatic rings. The SMILES string of the molecule is COc1ccc(C2C=c3ncn(C(F)F)c3=C(O[C@H](C)[C@H]3CNC(=O)C34CC4)N2)cc1OC. The molecule has 1 spiro atoms. The first-order valence-electron chi connectivity index (χ1n) is 10.9. The number of alkyl halides is 2. The average molecular weight is 460 g/mol. The van der Waals surface area contributed by atoms with Crippen LogP contribution in [0.25, 0.3) is 12.0 Å². The fourth-order valence-electron chi connectivity index (χ4n) is 4.96. The van der Waals surface area contributed by atoms with E-state index in [0.29, 0.717) is 23.4 Å². The van der Waals surface area contributed by atoms with Gasteiger partial charge in [0.25, 0.3) is 0 Å². The quantitative estimate of drug-likeness (QED) is 0.650. The van der Waals surface area contributed by atoms with Crippen LogP contribution in [0.4, 0.5) is 8.78 Å². The molecular weight excluding hydrogens is 434 g/mol. The minimum absolute atomic E-state index is 0.0314. The Labute approximate surface area is 189 Å². The highest BCUT2D eigenvalue weighted by molar-refractivity contribution is 5.88. The molecule has 1 unspecified atom stereocenters.